The highest BCUT2D eigenvalue weighted by atomic mass is 35.5. The summed E-state index contributed by atoms with van der Waals surface area (Å²) in [4.78, 5) is 4.57. The lowest BCUT2D eigenvalue weighted by atomic mass is 10.00. The highest BCUT2D eigenvalue weighted by Gasteiger charge is 2.19. The second kappa shape index (κ2) is 5.58. The molecule has 0 amide bonds. The Morgan fingerprint density at radius 2 is 2.15 bits per heavy atom. The highest BCUT2D eigenvalue weighted by molar-refractivity contribution is 6.32. The molecular formula is C16H20ClN3. The van der Waals surface area contributed by atoms with E-state index in [0.717, 1.165) is 30.0 Å². The van der Waals surface area contributed by atoms with Crippen LogP contribution in [0.25, 0.3) is 5.69 Å². The molecule has 1 aliphatic rings. The molecule has 0 fully saturated rings. The Morgan fingerprint density at radius 1 is 1.35 bits per heavy atom. The molecule has 2 aromatic rings. The summed E-state index contributed by atoms with van der Waals surface area (Å²) in [6, 6.07) is 6.16. The van der Waals surface area contributed by atoms with Crippen molar-refractivity contribution in [3.63, 3.8) is 0 Å². The van der Waals surface area contributed by atoms with E-state index >= 15 is 0 Å². The van der Waals surface area contributed by atoms with E-state index < -0.39 is 0 Å². The SMILES string of the molecule is CC(N)Cc1cccc(Cl)c1-n1cnc2c1CCCC2. The summed E-state index contributed by atoms with van der Waals surface area (Å²) in [5, 5.41) is 0.772. The minimum Gasteiger partial charge on any atom is -0.328 e. The molecule has 2 N–H and O–H groups in total. The molecule has 20 heavy (non-hydrogen) atoms. The Kier molecular flexibility index (Phi) is 3.81. The smallest absolute Gasteiger partial charge is 0.0998 e. The second-order valence-electron chi connectivity index (χ2n) is 5.64. The van der Waals surface area contributed by atoms with Crippen LogP contribution in [0, 0.1) is 0 Å². The van der Waals surface area contributed by atoms with Crippen molar-refractivity contribution in [2.45, 2.75) is 45.1 Å². The summed E-state index contributed by atoms with van der Waals surface area (Å²) in [5.41, 5.74) is 10.8. The lowest BCUT2D eigenvalue weighted by Gasteiger charge is -2.18. The fourth-order valence-corrected chi connectivity index (χ4v) is 3.29. The first-order chi connectivity index (χ1) is 9.66. The van der Waals surface area contributed by atoms with E-state index in [1.54, 1.807) is 0 Å². The van der Waals surface area contributed by atoms with Gasteiger partial charge in [-0.25, -0.2) is 4.98 Å². The number of halogens is 1. The van der Waals surface area contributed by atoms with Gasteiger partial charge >= 0.3 is 0 Å². The molecule has 0 aliphatic heterocycles. The first kappa shape index (κ1) is 13.7. The van der Waals surface area contributed by atoms with Crippen molar-refractivity contribution < 1.29 is 0 Å². The van der Waals surface area contributed by atoms with E-state index in [0.29, 0.717) is 0 Å². The molecule has 3 rings (SSSR count). The number of nitrogens with two attached hydrogens (primary N) is 1. The molecule has 1 aromatic heterocycles. The van der Waals surface area contributed by atoms with Gasteiger partial charge in [-0.05, 0) is 50.7 Å². The van der Waals surface area contributed by atoms with Crippen LogP contribution < -0.4 is 5.73 Å². The number of aromatic nitrogens is 2. The number of hydrogen-bond acceptors (Lipinski definition) is 2. The number of hydrogen-bond donors (Lipinski definition) is 1. The van der Waals surface area contributed by atoms with Crippen LogP contribution in [0.15, 0.2) is 24.5 Å². The predicted molar refractivity (Wildman–Crippen MR) is 82.6 cm³/mol. The van der Waals surface area contributed by atoms with Crippen molar-refractivity contribution >= 4 is 11.6 Å². The van der Waals surface area contributed by atoms with Crippen LogP contribution in [-0.2, 0) is 19.3 Å². The van der Waals surface area contributed by atoms with Gasteiger partial charge in [0.05, 0.1) is 22.7 Å². The summed E-state index contributed by atoms with van der Waals surface area (Å²) in [6.07, 6.45) is 7.36. The van der Waals surface area contributed by atoms with Gasteiger partial charge in [-0.3, -0.25) is 0 Å². The van der Waals surface area contributed by atoms with Crippen LogP contribution in [0.1, 0.15) is 36.7 Å². The summed E-state index contributed by atoms with van der Waals surface area (Å²) in [5.74, 6) is 0. The zero-order valence-corrected chi connectivity index (χ0v) is 12.5. The van der Waals surface area contributed by atoms with Crippen molar-refractivity contribution in [1.29, 1.82) is 0 Å². The molecule has 1 aromatic carbocycles. The first-order valence-electron chi connectivity index (χ1n) is 7.25. The fraction of sp³-hybridized carbons (Fsp3) is 0.438. The Morgan fingerprint density at radius 3 is 2.95 bits per heavy atom. The molecule has 1 unspecified atom stereocenters. The van der Waals surface area contributed by atoms with Gasteiger partial charge < -0.3 is 10.3 Å². The third kappa shape index (κ3) is 2.48. The van der Waals surface area contributed by atoms with Gasteiger partial charge in [-0.1, -0.05) is 23.7 Å². The molecule has 0 saturated carbocycles. The topological polar surface area (TPSA) is 43.8 Å². The van der Waals surface area contributed by atoms with Crippen molar-refractivity contribution in [2.24, 2.45) is 5.73 Å². The molecule has 0 radical (unpaired) electrons. The number of rotatable bonds is 3. The standard InChI is InChI=1S/C16H20ClN3/c1-11(18)9-12-5-4-6-13(17)16(12)20-10-19-14-7-2-3-8-15(14)20/h4-6,10-11H,2-3,7-9,18H2,1H3. The van der Waals surface area contributed by atoms with Gasteiger partial charge in [0.2, 0.25) is 0 Å². The lowest BCUT2D eigenvalue weighted by molar-refractivity contribution is 0.654. The molecule has 0 bridgehead atoms. The van der Waals surface area contributed by atoms with Crippen LogP contribution in [0.4, 0.5) is 0 Å². The van der Waals surface area contributed by atoms with Crippen LogP contribution >= 0.6 is 11.6 Å². The molecule has 1 atom stereocenters. The maximum Gasteiger partial charge on any atom is 0.0998 e. The third-order valence-electron chi connectivity index (χ3n) is 3.88. The largest absolute Gasteiger partial charge is 0.328 e. The van der Waals surface area contributed by atoms with E-state index in [-0.39, 0.29) is 6.04 Å². The zero-order chi connectivity index (χ0) is 14.1. The van der Waals surface area contributed by atoms with Crippen molar-refractivity contribution in [3.05, 3.63) is 46.5 Å². The number of para-hydroxylation sites is 1. The maximum atomic E-state index is 6.46. The zero-order valence-electron chi connectivity index (χ0n) is 11.8. The van der Waals surface area contributed by atoms with Crippen molar-refractivity contribution in [1.82, 2.24) is 9.55 Å². The number of fused-ring (bicyclic) bond motifs is 1. The molecule has 4 heteroatoms. The molecule has 1 heterocycles. The third-order valence-corrected chi connectivity index (χ3v) is 4.19. The number of nitrogens with zero attached hydrogens (tertiary/aromatic N) is 2. The van der Waals surface area contributed by atoms with E-state index in [4.69, 9.17) is 17.3 Å². The van der Waals surface area contributed by atoms with Gasteiger partial charge in [0.25, 0.3) is 0 Å². The van der Waals surface area contributed by atoms with Gasteiger partial charge in [0.15, 0.2) is 0 Å². The van der Waals surface area contributed by atoms with Gasteiger partial charge in [0, 0.05) is 11.7 Å². The lowest BCUT2D eigenvalue weighted by Crippen LogP contribution is -2.19. The summed E-state index contributed by atoms with van der Waals surface area (Å²) in [6.45, 7) is 2.02. The number of imidazole rings is 1. The number of aryl methyl sites for hydroxylation is 1. The summed E-state index contributed by atoms with van der Waals surface area (Å²) in [7, 11) is 0. The Hall–Kier alpha value is -1.32. The van der Waals surface area contributed by atoms with E-state index in [9.17, 15) is 0 Å². The van der Waals surface area contributed by atoms with Crippen LogP contribution in [0.3, 0.4) is 0 Å². The van der Waals surface area contributed by atoms with E-state index in [1.165, 1.54) is 29.8 Å². The first-order valence-corrected chi connectivity index (χ1v) is 7.63. The number of benzene rings is 1. The van der Waals surface area contributed by atoms with E-state index in [1.807, 2.05) is 25.4 Å². The molecule has 1 aliphatic carbocycles. The van der Waals surface area contributed by atoms with Crippen LogP contribution in [0.5, 0.6) is 0 Å². The average molecular weight is 290 g/mol. The van der Waals surface area contributed by atoms with E-state index in [2.05, 4.69) is 15.6 Å². The van der Waals surface area contributed by atoms with Crippen molar-refractivity contribution in [3.8, 4) is 5.69 Å². The van der Waals surface area contributed by atoms with Gasteiger partial charge in [-0.2, -0.15) is 0 Å². The predicted octanol–water partition coefficient (Wildman–Crippen LogP) is 3.29. The Balaban J connectivity index is 2.11. The monoisotopic (exact) mass is 289 g/mol. The minimum atomic E-state index is 0.117. The Bertz CT molecular complexity index is 616. The van der Waals surface area contributed by atoms with Crippen LogP contribution in [0.2, 0.25) is 5.02 Å². The quantitative estimate of drug-likeness (QED) is 0.942. The minimum absolute atomic E-state index is 0.117. The fourth-order valence-electron chi connectivity index (χ4n) is 3.00. The summed E-state index contributed by atoms with van der Waals surface area (Å²) >= 11 is 6.46. The normalized spacial score (nSPS) is 15.9. The molecule has 0 spiro atoms. The van der Waals surface area contributed by atoms with Crippen molar-refractivity contribution in [2.75, 3.05) is 0 Å². The molecular weight excluding hydrogens is 270 g/mol. The molecule has 106 valence electrons. The Labute approximate surface area is 124 Å². The molecule has 0 saturated heterocycles. The summed E-state index contributed by atoms with van der Waals surface area (Å²) < 4.78 is 2.18. The van der Waals surface area contributed by atoms with Gasteiger partial charge in [-0.15, -0.1) is 0 Å². The average Bonchev–Trinajstić information content (AvgIpc) is 2.82. The maximum absolute atomic E-state index is 6.46. The van der Waals surface area contributed by atoms with Crippen LogP contribution in [-0.4, -0.2) is 15.6 Å². The second-order valence-corrected chi connectivity index (χ2v) is 6.05. The van der Waals surface area contributed by atoms with Gasteiger partial charge in [0.1, 0.15) is 0 Å². The molecule has 3 nitrogen and oxygen atoms in total. The highest BCUT2D eigenvalue weighted by Crippen LogP contribution is 2.30.